The maximum Gasteiger partial charge on any atom is 0.304 e. The molecule has 0 spiro atoms. The van der Waals surface area contributed by atoms with E-state index in [4.69, 9.17) is 0 Å². The van der Waals surface area contributed by atoms with Crippen molar-refractivity contribution in [1.82, 2.24) is 0 Å². The molecule has 0 saturated carbocycles. The van der Waals surface area contributed by atoms with Crippen molar-refractivity contribution in [3.63, 3.8) is 0 Å². The highest BCUT2D eigenvalue weighted by atomic mass is 32.2. The van der Waals surface area contributed by atoms with Crippen LogP contribution in [-0.2, 0) is 6.42 Å². The van der Waals surface area contributed by atoms with Gasteiger partial charge in [-0.1, -0.05) is 43.3 Å². The summed E-state index contributed by atoms with van der Waals surface area (Å²) in [5, 5.41) is 0.0150. The highest BCUT2D eigenvalue weighted by Crippen LogP contribution is 2.26. The van der Waals surface area contributed by atoms with Gasteiger partial charge in [0.05, 0.1) is 0 Å². The SMILES string of the molecule is CC(Cc1ccccc1)Sc1ccc(B(S)S)c(F)c1. The standard InChI is InChI=1S/C15H16BFS3/c1-11(9-12-5-3-2-4-6-12)20-13-7-8-14(16(18)19)15(17)10-13/h2-8,10-11,18-19H,9H2,1H3. The third-order valence-electron chi connectivity index (χ3n) is 2.95. The number of thiol groups is 2. The van der Waals surface area contributed by atoms with Crippen LogP contribution in [0, 0.1) is 5.82 Å². The maximum absolute atomic E-state index is 13.9. The fourth-order valence-corrected chi connectivity index (χ4v) is 3.49. The quantitative estimate of drug-likeness (QED) is 0.475. The molecular weight excluding hydrogens is 306 g/mol. The van der Waals surface area contributed by atoms with E-state index < -0.39 is 0 Å². The molecule has 0 aliphatic heterocycles. The van der Waals surface area contributed by atoms with Crippen molar-refractivity contribution in [3.8, 4) is 0 Å². The van der Waals surface area contributed by atoms with E-state index in [9.17, 15) is 4.39 Å². The molecule has 104 valence electrons. The molecule has 0 bridgehead atoms. The molecule has 0 heterocycles. The van der Waals surface area contributed by atoms with Crippen LogP contribution in [0.3, 0.4) is 0 Å². The number of rotatable bonds is 5. The fraction of sp³-hybridized carbons (Fsp3) is 0.200. The van der Waals surface area contributed by atoms with Crippen LogP contribution >= 0.6 is 36.7 Å². The number of benzene rings is 2. The Labute approximate surface area is 135 Å². The Morgan fingerprint density at radius 1 is 1.15 bits per heavy atom. The Morgan fingerprint density at radius 3 is 2.45 bits per heavy atom. The number of thioether (sulfide) groups is 1. The largest absolute Gasteiger partial charge is 0.304 e. The molecule has 0 aromatic heterocycles. The van der Waals surface area contributed by atoms with Crippen LogP contribution < -0.4 is 5.46 Å². The van der Waals surface area contributed by atoms with Crippen molar-refractivity contribution in [1.29, 1.82) is 0 Å². The summed E-state index contributed by atoms with van der Waals surface area (Å²) in [7, 11) is 0. The van der Waals surface area contributed by atoms with Crippen LogP contribution in [0.4, 0.5) is 4.39 Å². The molecule has 0 radical (unpaired) electrons. The lowest BCUT2D eigenvalue weighted by atomic mass is 9.92. The molecule has 1 unspecified atom stereocenters. The van der Waals surface area contributed by atoms with Gasteiger partial charge in [-0.3, -0.25) is 0 Å². The first-order chi connectivity index (χ1) is 9.56. The Balaban J connectivity index is 2.01. The van der Waals surface area contributed by atoms with Crippen LogP contribution in [-0.4, -0.2) is 10.5 Å². The molecule has 5 heteroatoms. The van der Waals surface area contributed by atoms with E-state index in [1.54, 1.807) is 23.9 Å². The average Bonchev–Trinajstić information content (AvgIpc) is 2.39. The molecule has 0 N–H and O–H groups in total. The predicted octanol–water partition coefficient (Wildman–Crippen LogP) is 4.10. The van der Waals surface area contributed by atoms with Gasteiger partial charge in [0, 0.05) is 10.1 Å². The van der Waals surface area contributed by atoms with E-state index in [2.05, 4.69) is 44.0 Å². The summed E-state index contributed by atoms with van der Waals surface area (Å²) in [6, 6.07) is 15.6. The van der Waals surface area contributed by atoms with Crippen molar-refractivity contribution < 1.29 is 4.39 Å². The molecule has 0 fully saturated rings. The molecule has 2 aromatic rings. The number of hydrogen-bond acceptors (Lipinski definition) is 3. The normalized spacial score (nSPS) is 12.2. The van der Waals surface area contributed by atoms with Crippen LogP contribution in [0.25, 0.3) is 0 Å². The molecular formula is C15H16BFS3. The highest BCUT2D eigenvalue weighted by molar-refractivity contribution is 8.42. The van der Waals surface area contributed by atoms with Gasteiger partial charge < -0.3 is 0 Å². The van der Waals surface area contributed by atoms with Gasteiger partial charge in [0.15, 0.2) is 0 Å². The van der Waals surface area contributed by atoms with Crippen molar-refractivity contribution in [2.45, 2.75) is 23.5 Å². The monoisotopic (exact) mass is 322 g/mol. The van der Waals surface area contributed by atoms with Gasteiger partial charge in [0.1, 0.15) is 5.82 Å². The van der Waals surface area contributed by atoms with Crippen molar-refractivity contribution in [2.24, 2.45) is 0 Å². The lowest BCUT2D eigenvalue weighted by Crippen LogP contribution is -2.22. The van der Waals surface area contributed by atoms with Crippen LogP contribution in [0.1, 0.15) is 12.5 Å². The van der Waals surface area contributed by atoms with Gasteiger partial charge in [-0.05, 0) is 29.6 Å². The lowest BCUT2D eigenvalue weighted by molar-refractivity contribution is 0.632. The smallest absolute Gasteiger partial charge is 0.208 e. The van der Waals surface area contributed by atoms with E-state index in [1.807, 2.05) is 24.3 Å². The zero-order valence-corrected chi connectivity index (χ0v) is 13.8. The molecule has 20 heavy (non-hydrogen) atoms. The van der Waals surface area contributed by atoms with Gasteiger partial charge in [0.2, 0.25) is 0 Å². The molecule has 0 nitrogen and oxygen atoms in total. The minimum Gasteiger partial charge on any atom is -0.208 e. The fourth-order valence-electron chi connectivity index (χ4n) is 2.01. The highest BCUT2D eigenvalue weighted by Gasteiger charge is 2.13. The molecule has 1 atom stereocenters. The second-order valence-corrected chi connectivity index (χ2v) is 7.63. The molecule has 2 aromatic carbocycles. The molecule has 2 rings (SSSR count). The first-order valence-electron chi connectivity index (χ1n) is 6.42. The third kappa shape index (κ3) is 4.50. The summed E-state index contributed by atoms with van der Waals surface area (Å²) in [4.78, 5) is 0.942. The topological polar surface area (TPSA) is 0 Å². The van der Waals surface area contributed by atoms with Crippen LogP contribution in [0.2, 0.25) is 0 Å². The van der Waals surface area contributed by atoms with Gasteiger partial charge in [-0.2, -0.15) is 0 Å². The van der Waals surface area contributed by atoms with Crippen molar-refractivity contribution >= 4 is 47.5 Å². The Kier molecular flexibility index (Phi) is 5.93. The number of hydrogen-bond donors (Lipinski definition) is 2. The second-order valence-electron chi connectivity index (χ2n) is 4.68. The summed E-state index contributed by atoms with van der Waals surface area (Å²) in [5.41, 5.74) is 1.83. The van der Waals surface area contributed by atoms with E-state index >= 15 is 0 Å². The van der Waals surface area contributed by atoms with Crippen molar-refractivity contribution in [2.75, 3.05) is 0 Å². The molecule has 0 aliphatic rings. The number of halogens is 1. The van der Waals surface area contributed by atoms with E-state index in [-0.39, 0.29) is 11.1 Å². The van der Waals surface area contributed by atoms with Crippen LogP contribution in [0.15, 0.2) is 53.4 Å². The van der Waals surface area contributed by atoms with Crippen LogP contribution in [0.5, 0.6) is 0 Å². The third-order valence-corrected chi connectivity index (χ3v) is 4.60. The van der Waals surface area contributed by atoms with Crippen molar-refractivity contribution in [3.05, 3.63) is 59.9 Å². The zero-order chi connectivity index (χ0) is 14.5. The minimum absolute atomic E-state index is 0.239. The van der Waals surface area contributed by atoms with Gasteiger partial charge >= 0.3 is 5.27 Å². The predicted molar refractivity (Wildman–Crippen MR) is 95.2 cm³/mol. The average molecular weight is 322 g/mol. The minimum atomic E-state index is -0.379. The maximum atomic E-state index is 13.9. The van der Waals surface area contributed by atoms with Gasteiger partial charge in [-0.15, -0.1) is 11.8 Å². The summed E-state index contributed by atoms with van der Waals surface area (Å²) >= 11 is 9.97. The summed E-state index contributed by atoms with van der Waals surface area (Å²) < 4.78 is 13.9. The first kappa shape index (κ1) is 15.9. The van der Waals surface area contributed by atoms with E-state index in [0.717, 1.165) is 11.3 Å². The summed E-state index contributed by atoms with van der Waals surface area (Å²) in [6.45, 7) is 2.16. The second kappa shape index (κ2) is 7.48. The Hall–Kier alpha value is -0.515. The summed E-state index contributed by atoms with van der Waals surface area (Å²) in [6.07, 6.45) is 0.969. The van der Waals surface area contributed by atoms with E-state index in [0.29, 0.717) is 10.7 Å². The first-order valence-corrected chi connectivity index (χ1v) is 8.33. The van der Waals surface area contributed by atoms with Gasteiger partial charge in [-0.25, -0.2) is 29.4 Å². The Bertz CT molecular complexity index is 560. The summed E-state index contributed by atoms with van der Waals surface area (Å²) in [5.74, 6) is -0.239. The molecule has 0 amide bonds. The molecule has 0 aliphatic carbocycles. The van der Waals surface area contributed by atoms with E-state index in [1.165, 1.54) is 5.56 Å². The molecule has 0 saturated heterocycles. The lowest BCUT2D eigenvalue weighted by Gasteiger charge is -2.12. The van der Waals surface area contributed by atoms with Gasteiger partial charge in [0.25, 0.3) is 0 Å². The Morgan fingerprint density at radius 2 is 1.85 bits per heavy atom. The zero-order valence-electron chi connectivity index (χ0n) is 11.2.